The highest BCUT2D eigenvalue weighted by atomic mass is 16.6. The second-order valence-corrected chi connectivity index (χ2v) is 16.2. The predicted molar refractivity (Wildman–Crippen MR) is 227 cm³/mol. The normalized spacial score (nSPS) is 19.4. The quantitative estimate of drug-likeness (QED) is 0.0508. The van der Waals surface area contributed by atoms with E-state index in [1.165, 1.54) is 114 Å². The number of ether oxygens (including phenoxy) is 2. The van der Waals surface area contributed by atoms with Gasteiger partial charge in [-0.05, 0) is 18.4 Å². The van der Waals surface area contributed by atoms with Crippen LogP contribution in [0.3, 0.4) is 0 Å². The standard InChI is InChI=1S/C46H81N3O8/c1-3-5-7-9-11-13-15-17-18-20-22-24-29-33-40(51)48(34-30-25-23-21-19-16-14-12-10-8-6-4-2)45-42(44(54)43(53)39(36-50)57-45)49(41(52)35-47)46(55)56-37-38-31-27-26-28-32-38/h26-28,31-32,39,42-45,50,53-54H,3-25,29-30,33-37,47H2,1-2H3/t39-,42-,43-,44-,45-/m1/s1. The van der Waals surface area contributed by atoms with Gasteiger partial charge in [0.25, 0.3) is 0 Å². The van der Waals surface area contributed by atoms with Crippen molar-refractivity contribution in [2.45, 2.75) is 218 Å². The van der Waals surface area contributed by atoms with Gasteiger partial charge in [-0.2, -0.15) is 0 Å². The number of amides is 3. The Morgan fingerprint density at radius 2 is 1.11 bits per heavy atom. The molecule has 0 radical (unpaired) electrons. The molecule has 0 aliphatic carbocycles. The Morgan fingerprint density at radius 3 is 1.56 bits per heavy atom. The van der Waals surface area contributed by atoms with E-state index in [-0.39, 0.29) is 25.5 Å². The number of nitrogens with two attached hydrogens (primary N) is 1. The minimum Gasteiger partial charge on any atom is -0.444 e. The number of benzene rings is 1. The van der Waals surface area contributed by atoms with Crippen LogP contribution in [0, 0.1) is 0 Å². The number of carbonyl (C=O) groups is 3. The van der Waals surface area contributed by atoms with Crippen LogP contribution in [0.4, 0.5) is 4.79 Å². The van der Waals surface area contributed by atoms with E-state index in [1.54, 1.807) is 24.3 Å². The van der Waals surface area contributed by atoms with E-state index < -0.39 is 55.7 Å². The fraction of sp³-hybridized carbons (Fsp3) is 0.804. The smallest absolute Gasteiger partial charge is 0.417 e. The number of hydrogen-bond acceptors (Lipinski definition) is 9. The molecular weight excluding hydrogens is 723 g/mol. The number of unbranched alkanes of at least 4 members (excludes halogenated alkanes) is 23. The van der Waals surface area contributed by atoms with Gasteiger partial charge < -0.3 is 35.4 Å². The molecule has 11 nitrogen and oxygen atoms in total. The van der Waals surface area contributed by atoms with Crippen LogP contribution in [0.25, 0.3) is 0 Å². The van der Waals surface area contributed by atoms with E-state index in [1.807, 2.05) is 6.07 Å². The average molecular weight is 804 g/mol. The zero-order valence-corrected chi connectivity index (χ0v) is 35.8. The summed E-state index contributed by atoms with van der Waals surface area (Å²) in [5, 5.41) is 32.7. The summed E-state index contributed by atoms with van der Waals surface area (Å²) in [7, 11) is 0. The molecule has 11 heteroatoms. The van der Waals surface area contributed by atoms with Crippen LogP contribution in [-0.4, -0.2) is 93.3 Å². The van der Waals surface area contributed by atoms with Crippen molar-refractivity contribution in [3.8, 4) is 0 Å². The zero-order chi connectivity index (χ0) is 41.5. The highest BCUT2D eigenvalue weighted by Crippen LogP contribution is 2.30. The first-order chi connectivity index (χ1) is 27.8. The highest BCUT2D eigenvalue weighted by molar-refractivity contribution is 5.93. The lowest BCUT2D eigenvalue weighted by Gasteiger charge is -2.49. The van der Waals surface area contributed by atoms with Crippen LogP contribution in [0.15, 0.2) is 30.3 Å². The van der Waals surface area contributed by atoms with Crippen molar-refractivity contribution in [2.24, 2.45) is 5.73 Å². The zero-order valence-electron chi connectivity index (χ0n) is 35.8. The number of aliphatic hydroxyl groups excluding tert-OH is 3. The molecule has 2 rings (SSSR count). The first kappa shape index (κ1) is 50.6. The third kappa shape index (κ3) is 20.3. The van der Waals surface area contributed by atoms with Crippen LogP contribution < -0.4 is 5.73 Å². The number of rotatable bonds is 33. The number of aliphatic hydroxyl groups is 3. The molecule has 0 bridgehead atoms. The third-order valence-corrected chi connectivity index (χ3v) is 11.4. The molecule has 5 N–H and O–H groups in total. The van der Waals surface area contributed by atoms with Gasteiger partial charge in [0.05, 0.1) is 13.2 Å². The van der Waals surface area contributed by atoms with Gasteiger partial charge in [-0.3, -0.25) is 9.59 Å². The number of carbonyl (C=O) groups excluding carboxylic acids is 3. The second-order valence-electron chi connectivity index (χ2n) is 16.2. The van der Waals surface area contributed by atoms with Crippen LogP contribution >= 0.6 is 0 Å². The van der Waals surface area contributed by atoms with Crippen LogP contribution in [0.1, 0.15) is 186 Å². The van der Waals surface area contributed by atoms with Gasteiger partial charge in [-0.25, -0.2) is 9.69 Å². The van der Waals surface area contributed by atoms with Crippen molar-refractivity contribution in [3.05, 3.63) is 35.9 Å². The molecule has 0 unspecified atom stereocenters. The molecule has 328 valence electrons. The minimum atomic E-state index is -1.74. The number of nitrogens with zero attached hydrogens (tertiary/aromatic N) is 2. The molecule has 1 saturated heterocycles. The molecule has 1 aliphatic heterocycles. The number of hydrogen-bond donors (Lipinski definition) is 4. The molecule has 0 saturated carbocycles. The van der Waals surface area contributed by atoms with E-state index in [9.17, 15) is 29.7 Å². The van der Waals surface area contributed by atoms with Gasteiger partial charge in [0, 0.05) is 13.0 Å². The van der Waals surface area contributed by atoms with Gasteiger partial charge in [0.15, 0.2) is 6.23 Å². The molecule has 3 amide bonds. The van der Waals surface area contributed by atoms with E-state index in [2.05, 4.69) is 13.8 Å². The van der Waals surface area contributed by atoms with Crippen molar-refractivity contribution < 1.29 is 39.2 Å². The summed E-state index contributed by atoms with van der Waals surface area (Å²) >= 11 is 0. The summed E-state index contributed by atoms with van der Waals surface area (Å²) in [6, 6.07) is 7.44. The Kier molecular flexibility index (Phi) is 28.7. The molecule has 5 atom stereocenters. The molecule has 1 aliphatic rings. The summed E-state index contributed by atoms with van der Waals surface area (Å²) in [5.74, 6) is -1.08. The maximum atomic E-state index is 14.1. The summed E-state index contributed by atoms with van der Waals surface area (Å²) in [6.07, 6.45) is 22.3. The molecular formula is C46H81N3O8. The van der Waals surface area contributed by atoms with Crippen LogP contribution in [0.5, 0.6) is 0 Å². The largest absolute Gasteiger partial charge is 0.444 e. The topological polar surface area (TPSA) is 163 Å². The Morgan fingerprint density at radius 1 is 0.649 bits per heavy atom. The molecule has 0 aromatic heterocycles. The minimum absolute atomic E-state index is 0.148. The lowest BCUT2D eigenvalue weighted by atomic mass is 9.93. The van der Waals surface area contributed by atoms with Gasteiger partial charge in [0.2, 0.25) is 11.8 Å². The summed E-state index contributed by atoms with van der Waals surface area (Å²) in [6.45, 7) is 3.38. The van der Waals surface area contributed by atoms with Crippen molar-refractivity contribution >= 4 is 17.9 Å². The predicted octanol–water partition coefficient (Wildman–Crippen LogP) is 8.93. The Hall–Kier alpha value is -2.57. The lowest BCUT2D eigenvalue weighted by Crippen LogP contribution is -2.70. The average Bonchev–Trinajstić information content (AvgIpc) is 3.22. The fourth-order valence-electron chi connectivity index (χ4n) is 7.85. The van der Waals surface area contributed by atoms with Gasteiger partial charge in [0.1, 0.15) is 31.0 Å². The highest BCUT2D eigenvalue weighted by Gasteiger charge is 2.53. The molecule has 0 spiro atoms. The summed E-state index contributed by atoms with van der Waals surface area (Å²) in [5.41, 5.74) is 6.47. The Labute approximate surface area is 345 Å². The first-order valence-electron chi connectivity index (χ1n) is 22.9. The molecule has 1 fully saturated rings. The monoisotopic (exact) mass is 804 g/mol. The number of imide groups is 1. The van der Waals surface area contributed by atoms with Gasteiger partial charge in [-0.1, -0.05) is 192 Å². The van der Waals surface area contributed by atoms with Crippen molar-refractivity contribution in [1.82, 2.24) is 9.80 Å². The van der Waals surface area contributed by atoms with Gasteiger partial charge in [-0.15, -0.1) is 0 Å². The summed E-state index contributed by atoms with van der Waals surface area (Å²) < 4.78 is 11.7. The van der Waals surface area contributed by atoms with Crippen LogP contribution in [0.2, 0.25) is 0 Å². The van der Waals surface area contributed by atoms with E-state index >= 15 is 0 Å². The van der Waals surface area contributed by atoms with Crippen molar-refractivity contribution in [1.29, 1.82) is 0 Å². The SMILES string of the molecule is CCCCCCCCCCCCCCCC(=O)N(CCCCCCCCCCCCCC)[C@@H]1O[C@H](CO)[C@@H](O)[C@H](O)[C@H]1N(C(=O)CN)C(=O)OCc1ccccc1. The third-order valence-electron chi connectivity index (χ3n) is 11.4. The van der Waals surface area contributed by atoms with E-state index in [4.69, 9.17) is 15.2 Å². The maximum Gasteiger partial charge on any atom is 0.417 e. The maximum absolute atomic E-state index is 14.1. The van der Waals surface area contributed by atoms with Crippen molar-refractivity contribution in [2.75, 3.05) is 19.7 Å². The second kappa shape index (κ2) is 32.3. The molecule has 1 aromatic carbocycles. The van der Waals surface area contributed by atoms with Crippen LogP contribution in [-0.2, 0) is 25.7 Å². The van der Waals surface area contributed by atoms with Crippen molar-refractivity contribution in [3.63, 3.8) is 0 Å². The Balaban J connectivity index is 2.11. The molecule has 57 heavy (non-hydrogen) atoms. The van der Waals surface area contributed by atoms with Gasteiger partial charge >= 0.3 is 6.09 Å². The van der Waals surface area contributed by atoms with E-state index in [0.29, 0.717) is 23.3 Å². The first-order valence-corrected chi connectivity index (χ1v) is 22.9. The van der Waals surface area contributed by atoms with E-state index in [0.717, 1.165) is 38.5 Å². The molecule has 1 aromatic rings. The lowest BCUT2D eigenvalue weighted by molar-refractivity contribution is -0.244. The Bertz CT molecular complexity index is 1170. The fourth-order valence-corrected chi connectivity index (χ4v) is 7.85. The molecule has 1 heterocycles. The summed E-state index contributed by atoms with van der Waals surface area (Å²) in [4.78, 5) is 43.4.